The van der Waals surface area contributed by atoms with Gasteiger partial charge in [0.25, 0.3) is 0 Å². The third-order valence-corrected chi connectivity index (χ3v) is 2.59. The summed E-state index contributed by atoms with van der Waals surface area (Å²) in [5.74, 6) is 0. The maximum absolute atomic E-state index is 5.26. The third-order valence-electron chi connectivity index (χ3n) is 2.59. The summed E-state index contributed by atoms with van der Waals surface area (Å²) in [6.07, 6.45) is 5.16. The zero-order valence-corrected chi connectivity index (χ0v) is 8.34. The van der Waals surface area contributed by atoms with E-state index >= 15 is 0 Å². The number of benzene rings is 1. The minimum Gasteiger partial charge on any atom is -0.373 e. The molecule has 3 nitrogen and oxygen atoms in total. The average molecular weight is 200 g/mol. The number of ether oxygens (including phenoxy) is 1. The summed E-state index contributed by atoms with van der Waals surface area (Å²) in [6.45, 7) is 0.896. The second kappa shape index (κ2) is 3.51. The fourth-order valence-electron chi connectivity index (χ4n) is 1.75. The van der Waals surface area contributed by atoms with Gasteiger partial charge in [0.1, 0.15) is 0 Å². The van der Waals surface area contributed by atoms with Crippen LogP contribution in [0.5, 0.6) is 0 Å². The van der Waals surface area contributed by atoms with Crippen LogP contribution in [0.25, 0.3) is 5.69 Å². The molecule has 0 spiro atoms. The quantitative estimate of drug-likeness (QED) is 0.707. The molecular weight excluding hydrogens is 188 g/mol. The largest absolute Gasteiger partial charge is 0.373 e. The zero-order valence-electron chi connectivity index (χ0n) is 8.34. The molecule has 76 valence electrons. The molecule has 2 aromatic rings. The molecule has 2 heterocycles. The number of hydrogen-bond acceptors (Lipinski definition) is 2. The lowest BCUT2D eigenvalue weighted by atomic mass is 10.1. The summed E-state index contributed by atoms with van der Waals surface area (Å²) < 4.78 is 7.16. The lowest BCUT2D eigenvalue weighted by Crippen LogP contribution is -2.02. The third kappa shape index (κ3) is 1.78. The number of para-hydroxylation sites is 1. The molecule has 1 saturated heterocycles. The highest BCUT2D eigenvalue weighted by Gasteiger charge is 2.23. The monoisotopic (exact) mass is 200 g/mol. The van der Waals surface area contributed by atoms with Crippen LogP contribution in [0.2, 0.25) is 0 Å². The lowest BCUT2D eigenvalue weighted by Gasteiger charge is -2.07. The van der Waals surface area contributed by atoms with Gasteiger partial charge in [-0.2, -0.15) is 5.10 Å². The van der Waals surface area contributed by atoms with Crippen molar-refractivity contribution in [1.29, 1.82) is 0 Å². The smallest absolute Gasteiger partial charge is 0.0850 e. The Morgan fingerprint density at radius 2 is 2.20 bits per heavy atom. The maximum Gasteiger partial charge on any atom is 0.0850 e. The van der Waals surface area contributed by atoms with Crippen molar-refractivity contribution in [3.05, 3.63) is 48.3 Å². The second-order valence-corrected chi connectivity index (χ2v) is 3.74. The van der Waals surface area contributed by atoms with Gasteiger partial charge in [0.15, 0.2) is 0 Å². The van der Waals surface area contributed by atoms with Gasteiger partial charge in [-0.3, -0.25) is 0 Å². The fraction of sp³-hybridized carbons (Fsp3) is 0.250. The minimum atomic E-state index is 0.418. The van der Waals surface area contributed by atoms with E-state index in [1.54, 1.807) is 6.20 Å². The molecule has 1 aliphatic heterocycles. The van der Waals surface area contributed by atoms with E-state index < -0.39 is 0 Å². The van der Waals surface area contributed by atoms with Crippen LogP contribution in [0.15, 0.2) is 42.7 Å². The Labute approximate surface area is 88.3 Å². The Bertz CT molecular complexity index is 446. The van der Waals surface area contributed by atoms with Gasteiger partial charge in [-0.15, -0.1) is 0 Å². The van der Waals surface area contributed by atoms with Crippen molar-refractivity contribution in [2.75, 3.05) is 6.61 Å². The van der Waals surface area contributed by atoms with Gasteiger partial charge < -0.3 is 4.74 Å². The van der Waals surface area contributed by atoms with Crippen LogP contribution in [0.1, 0.15) is 5.56 Å². The highest BCUT2D eigenvalue weighted by molar-refractivity contribution is 5.40. The molecule has 0 saturated carbocycles. The normalized spacial score (nSPS) is 19.1. The standard InChI is InChI=1S/C12H12N2O/c1-2-5-12(14-7-3-6-13-14)10(4-1)8-11-9-15-11/h1-7,11H,8-9H2. The average Bonchev–Trinajstić information content (AvgIpc) is 2.93. The first kappa shape index (κ1) is 8.68. The van der Waals surface area contributed by atoms with Gasteiger partial charge >= 0.3 is 0 Å². The molecule has 3 rings (SSSR count). The molecule has 15 heavy (non-hydrogen) atoms. The zero-order chi connectivity index (χ0) is 10.1. The van der Waals surface area contributed by atoms with Crippen LogP contribution in [0, 0.1) is 0 Å². The first-order valence-corrected chi connectivity index (χ1v) is 5.13. The van der Waals surface area contributed by atoms with Gasteiger partial charge in [0.05, 0.1) is 18.4 Å². The lowest BCUT2D eigenvalue weighted by molar-refractivity contribution is 0.407. The summed E-state index contributed by atoms with van der Waals surface area (Å²) in [4.78, 5) is 0. The van der Waals surface area contributed by atoms with E-state index in [2.05, 4.69) is 23.3 Å². The van der Waals surface area contributed by atoms with E-state index in [1.165, 1.54) is 5.56 Å². The molecular formula is C12H12N2O. The molecule has 0 radical (unpaired) electrons. The van der Waals surface area contributed by atoms with Crippen LogP contribution >= 0.6 is 0 Å². The van der Waals surface area contributed by atoms with E-state index in [0.29, 0.717) is 6.10 Å². The Morgan fingerprint density at radius 1 is 1.33 bits per heavy atom. The minimum absolute atomic E-state index is 0.418. The Kier molecular flexibility index (Phi) is 2.03. The van der Waals surface area contributed by atoms with Crippen molar-refractivity contribution < 1.29 is 4.74 Å². The molecule has 0 amide bonds. The summed E-state index contributed by atoms with van der Waals surface area (Å²) in [6, 6.07) is 10.3. The molecule has 0 bridgehead atoms. The molecule has 1 atom stereocenters. The van der Waals surface area contributed by atoms with E-state index in [0.717, 1.165) is 18.7 Å². The summed E-state index contributed by atoms with van der Waals surface area (Å²) in [7, 11) is 0. The summed E-state index contributed by atoms with van der Waals surface area (Å²) >= 11 is 0. The van der Waals surface area contributed by atoms with Gasteiger partial charge in [-0.05, 0) is 17.7 Å². The van der Waals surface area contributed by atoms with E-state index in [9.17, 15) is 0 Å². The van der Waals surface area contributed by atoms with Crippen LogP contribution < -0.4 is 0 Å². The van der Waals surface area contributed by atoms with E-state index in [1.807, 2.05) is 23.0 Å². The first-order chi connectivity index (χ1) is 7.43. The fourth-order valence-corrected chi connectivity index (χ4v) is 1.75. The van der Waals surface area contributed by atoms with Gasteiger partial charge in [0, 0.05) is 18.8 Å². The SMILES string of the molecule is c1ccc(-n2cccn2)c(CC2CO2)c1. The molecule has 3 heteroatoms. The van der Waals surface area contributed by atoms with Gasteiger partial charge in [-0.1, -0.05) is 18.2 Å². The van der Waals surface area contributed by atoms with Crippen molar-refractivity contribution in [1.82, 2.24) is 9.78 Å². The summed E-state index contributed by atoms with van der Waals surface area (Å²) in [5, 5.41) is 4.25. The summed E-state index contributed by atoms with van der Waals surface area (Å²) in [5.41, 5.74) is 2.45. The van der Waals surface area contributed by atoms with Crippen molar-refractivity contribution >= 4 is 0 Å². The Balaban J connectivity index is 1.98. The Morgan fingerprint density at radius 3 is 2.93 bits per heavy atom. The van der Waals surface area contributed by atoms with Crippen molar-refractivity contribution in [2.24, 2.45) is 0 Å². The molecule has 1 aromatic heterocycles. The predicted molar refractivity (Wildman–Crippen MR) is 57.0 cm³/mol. The van der Waals surface area contributed by atoms with Crippen LogP contribution in [-0.2, 0) is 11.2 Å². The number of rotatable bonds is 3. The van der Waals surface area contributed by atoms with Crippen molar-refractivity contribution in [3.63, 3.8) is 0 Å². The Hall–Kier alpha value is -1.61. The maximum atomic E-state index is 5.26. The number of epoxide rings is 1. The van der Waals surface area contributed by atoms with Crippen LogP contribution in [0.4, 0.5) is 0 Å². The van der Waals surface area contributed by atoms with Gasteiger partial charge in [0.2, 0.25) is 0 Å². The number of nitrogens with zero attached hydrogens (tertiary/aromatic N) is 2. The molecule has 1 fully saturated rings. The molecule has 1 aliphatic rings. The highest BCUT2D eigenvalue weighted by Crippen LogP contribution is 2.21. The molecule has 0 aliphatic carbocycles. The van der Waals surface area contributed by atoms with Gasteiger partial charge in [-0.25, -0.2) is 4.68 Å². The van der Waals surface area contributed by atoms with Crippen LogP contribution in [-0.4, -0.2) is 22.5 Å². The topological polar surface area (TPSA) is 30.4 Å². The predicted octanol–water partition coefficient (Wildman–Crippen LogP) is 1.81. The number of aromatic nitrogens is 2. The number of hydrogen-bond donors (Lipinski definition) is 0. The second-order valence-electron chi connectivity index (χ2n) is 3.74. The molecule has 0 N–H and O–H groups in total. The first-order valence-electron chi connectivity index (χ1n) is 5.13. The molecule has 1 unspecified atom stereocenters. The highest BCUT2D eigenvalue weighted by atomic mass is 16.6. The van der Waals surface area contributed by atoms with Crippen molar-refractivity contribution in [2.45, 2.75) is 12.5 Å². The van der Waals surface area contributed by atoms with Crippen LogP contribution in [0.3, 0.4) is 0 Å². The molecule has 1 aromatic carbocycles. The van der Waals surface area contributed by atoms with E-state index in [-0.39, 0.29) is 0 Å². The van der Waals surface area contributed by atoms with Crippen molar-refractivity contribution in [3.8, 4) is 5.69 Å². The van der Waals surface area contributed by atoms with E-state index in [4.69, 9.17) is 4.74 Å².